The van der Waals surface area contributed by atoms with Crippen LogP contribution in [-0.2, 0) is 0 Å². The molecule has 0 aliphatic carbocycles. The Hall–Kier alpha value is -1.39. The van der Waals surface area contributed by atoms with E-state index in [0.29, 0.717) is 5.84 Å². The van der Waals surface area contributed by atoms with Crippen molar-refractivity contribution >= 4 is 5.84 Å². The van der Waals surface area contributed by atoms with Gasteiger partial charge < -0.3 is 15.5 Å². The van der Waals surface area contributed by atoms with Gasteiger partial charge in [0.25, 0.3) is 0 Å². The maximum absolute atomic E-state index is 9.95. The maximum atomic E-state index is 9.95. The van der Waals surface area contributed by atoms with Crippen LogP contribution < -0.4 is 5.32 Å². The third kappa shape index (κ3) is 1.70. The normalized spacial score (nSPS) is 33.4. The standard InChI is InChI=1S/C12H16N2O2/c1-8-5-4-6-9(7-8)10-13-11(2,15)12(3,16)14-10/h4-7,15-16H,1-3H3,(H,13,14)/t11-,12+. The van der Waals surface area contributed by atoms with E-state index in [4.69, 9.17) is 0 Å². The van der Waals surface area contributed by atoms with Crippen LogP contribution in [0.2, 0.25) is 0 Å². The molecule has 86 valence electrons. The minimum Gasteiger partial charge on any atom is -0.367 e. The Labute approximate surface area is 94.6 Å². The molecular weight excluding hydrogens is 204 g/mol. The molecule has 0 fully saturated rings. The Morgan fingerprint density at radius 1 is 1.25 bits per heavy atom. The van der Waals surface area contributed by atoms with E-state index >= 15 is 0 Å². The molecule has 0 unspecified atom stereocenters. The number of aliphatic imine (C=N–C) groups is 1. The zero-order chi connectivity index (χ0) is 12.0. The third-order valence-corrected chi connectivity index (χ3v) is 2.91. The first-order chi connectivity index (χ1) is 7.32. The van der Waals surface area contributed by atoms with Gasteiger partial charge in [-0.1, -0.05) is 23.8 Å². The van der Waals surface area contributed by atoms with E-state index in [2.05, 4.69) is 10.3 Å². The van der Waals surface area contributed by atoms with Crippen molar-refractivity contribution in [3.63, 3.8) is 0 Å². The number of nitrogens with one attached hydrogen (secondary N) is 1. The summed E-state index contributed by atoms with van der Waals surface area (Å²) in [5, 5.41) is 22.7. The molecule has 1 aliphatic rings. The van der Waals surface area contributed by atoms with Gasteiger partial charge in [-0.05, 0) is 26.8 Å². The summed E-state index contributed by atoms with van der Waals surface area (Å²) in [5.41, 5.74) is -0.982. The van der Waals surface area contributed by atoms with Crippen LogP contribution in [0.1, 0.15) is 25.0 Å². The van der Waals surface area contributed by atoms with Gasteiger partial charge in [-0.25, -0.2) is 4.99 Å². The first-order valence-corrected chi connectivity index (χ1v) is 5.22. The summed E-state index contributed by atoms with van der Waals surface area (Å²) in [5.74, 6) is 0.513. The fourth-order valence-electron chi connectivity index (χ4n) is 1.63. The molecule has 16 heavy (non-hydrogen) atoms. The smallest absolute Gasteiger partial charge is 0.203 e. The van der Waals surface area contributed by atoms with Crippen LogP contribution in [-0.4, -0.2) is 27.5 Å². The lowest BCUT2D eigenvalue weighted by atomic mass is 10.1. The van der Waals surface area contributed by atoms with Gasteiger partial charge in [-0.15, -0.1) is 0 Å². The van der Waals surface area contributed by atoms with Crippen LogP contribution in [0.25, 0.3) is 0 Å². The van der Waals surface area contributed by atoms with Crippen molar-refractivity contribution in [1.82, 2.24) is 5.32 Å². The third-order valence-electron chi connectivity index (χ3n) is 2.91. The van der Waals surface area contributed by atoms with E-state index in [1.54, 1.807) is 0 Å². The van der Waals surface area contributed by atoms with Crippen molar-refractivity contribution in [1.29, 1.82) is 0 Å². The molecule has 0 saturated carbocycles. The lowest BCUT2D eigenvalue weighted by Gasteiger charge is -2.29. The van der Waals surface area contributed by atoms with Crippen LogP contribution in [0.3, 0.4) is 0 Å². The minimum absolute atomic E-state index is 0.513. The highest BCUT2D eigenvalue weighted by Gasteiger charge is 2.47. The molecule has 0 spiro atoms. The molecule has 2 atom stereocenters. The maximum Gasteiger partial charge on any atom is 0.203 e. The van der Waals surface area contributed by atoms with Crippen molar-refractivity contribution in [3.05, 3.63) is 35.4 Å². The summed E-state index contributed by atoms with van der Waals surface area (Å²) < 4.78 is 0. The Morgan fingerprint density at radius 3 is 2.44 bits per heavy atom. The summed E-state index contributed by atoms with van der Waals surface area (Å²) in [7, 11) is 0. The van der Waals surface area contributed by atoms with E-state index in [-0.39, 0.29) is 0 Å². The Kier molecular flexibility index (Phi) is 2.29. The molecule has 1 aromatic carbocycles. The predicted octanol–water partition coefficient (Wildman–Crippen LogP) is 0.762. The van der Waals surface area contributed by atoms with Gasteiger partial charge in [-0.2, -0.15) is 0 Å². The van der Waals surface area contributed by atoms with Gasteiger partial charge >= 0.3 is 0 Å². The topological polar surface area (TPSA) is 64.9 Å². The molecule has 3 N–H and O–H groups in total. The lowest BCUT2D eigenvalue weighted by molar-refractivity contribution is -0.122. The second-order valence-electron chi connectivity index (χ2n) is 4.55. The number of nitrogens with zero attached hydrogens (tertiary/aromatic N) is 1. The molecular formula is C12H16N2O2. The minimum atomic E-state index is -1.51. The van der Waals surface area contributed by atoms with Gasteiger partial charge in [0, 0.05) is 5.56 Å². The number of rotatable bonds is 1. The zero-order valence-corrected chi connectivity index (χ0v) is 9.65. The monoisotopic (exact) mass is 220 g/mol. The first-order valence-electron chi connectivity index (χ1n) is 5.22. The molecule has 0 radical (unpaired) electrons. The summed E-state index contributed by atoms with van der Waals surface area (Å²) in [6.07, 6.45) is 0. The van der Waals surface area contributed by atoms with Crippen molar-refractivity contribution in [3.8, 4) is 0 Å². The summed E-state index contributed by atoms with van der Waals surface area (Å²) in [6.45, 7) is 4.96. The number of amidine groups is 1. The largest absolute Gasteiger partial charge is 0.367 e. The average Bonchev–Trinajstić information content (AvgIpc) is 2.36. The lowest BCUT2D eigenvalue weighted by Crippen LogP contribution is -2.54. The van der Waals surface area contributed by atoms with Crippen LogP contribution in [0, 0.1) is 6.92 Å². The predicted molar refractivity (Wildman–Crippen MR) is 62.1 cm³/mol. The zero-order valence-electron chi connectivity index (χ0n) is 9.65. The van der Waals surface area contributed by atoms with Crippen LogP contribution in [0.15, 0.2) is 29.3 Å². The molecule has 4 heteroatoms. The number of benzene rings is 1. The molecule has 1 heterocycles. The molecule has 0 amide bonds. The van der Waals surface area contributed by atoms with Crippen molar-refractivity contribution in [2.45, 2.75) is 32.2 Å². The highest BCUT2D eigenvalue weighted by Crippen LogP contribution is 2.27. The molecule has 2 rings (SSSR count). The average molecular weight is 220 g/mol. The Morgan fingerprint density at radius 2 is 1.94 bits per heavy atom. The fourth-order valence-corrected chi connectivity index (χ4v) is 1.63. The summed E-state index contributed by atoms with van der Waals surface area (Å²) >= 11 is 0. The van der Waals surface area contributed by atoms with Crippen molar-refractivity contribution in [2.75, 3.05) is 0 Å². The quantitative estimate of drug-likeness (QED) is 0.654. The Bertz CT molecular complexity index is 450. The van der Waals surface area contributed by atoms with E-state index in [9.17, 15) is 10.2 Å². The van der Waals surface area contributed by atoms with E-state index in [1.807, 2.05) is 31.2 Å². The molecule has 0 saturated heterocycles. The van der Waals surface area contributed by atoms with Gasteiger partial charge in [0.1, 0.15) is 5.84 Å². The SMILES string of the molecule is Cc1cccc(C2=N[C@](C)(O)[C@](C)(O)N2)c1. The summed E-state index contributed by atoms with van der Waals surface area (Å²) in [6, 6.07) is 7.73. The Balaban J connectivity index is 2.39. The first kappa shape index (κ1) is 11.1. The van der Waals surface area contributed by atoms with Crippen LogP contribution >= 0.6 is 0 Å². The second-order valence-corrected chi connectivity index (χ2v) is 4.55. The number of aryl methyl sites for hydroxylation is 1. The van der Waals surface area contributed by atoms with E-state index in [1.165, 1.54) is 13.8 Å². The van der Waals surface area contributed by atoms with Crippen molar-refractivity contribution < 1.29 is 10.2 Å². The van der Waals surface area contributed by atoms with Gasteiger partial charge in [0.15, 0.2) is 5.72 Å². The molecule has 1 aromatic rings. The van der Waals surface area contributed by atoms with Gasteiger partial charge in [0.05, 0.1) is 0 Å². The van der Waals surface area contributed by atoms with E-state index in [0.717, 1.165) is 11.1 Å². The number of hydrogen-bond donors (Lipinski definition) is 3. The molecule has 0 bridgehead atoms. The van der Waals surface area contributed by atoms with E-state index < -0.39 is 11.4 Å². The molecule has 4 nitrogen and oxygen atoms in total. The summed E-state index contributed by atoms with van der Waals surface area (Å²) in [4.78, 5) is 4.10. The molecule has 0 aromatic heterocycles. The highest BCUT2D eigenvalue weighted by molar-refractivity contribution is 6.00. The highest BCUT2D eigenvalue weighted by atomic mass is 16.4. The van der Waals surface area contributed by atoms with Gasteiger partial charge in [-0.3, -0.25) is 0 Å². The van der Waals surface area contributed by atoms with Crippen molar-refractivity contribution in [2.24, 2.45) is 4.99 Å². The fraction of sp³-hybridized carbons (Fsp3) is 0.417. The van der Waals surface area contributed by atoms with Gasteiger partial charge in [0.2, 0.25) is 5.72 Å². The van der Waals surface area contributed by atoms with Crippen LogP contribution in [0.4, 0.5) is 0 Å². The van der Waals surface area contributed by atoms with Crippen LogP contribution in [0.5, 0.6) is 0 Å². The number of aliphatic hydroxyl groups is 2. The number of hydrogen-bond acceptors (Lipinski definition) is 4. The second kappa shape index (κ2) is 3.30. The molecule has 1 aliphatic heterocycles.